The maximum absolute atomic E-state index is 3.84. The zero-order chi connectivity index (χ0) is 10.4. The zero-order valence-corrected chi connectivity index (χ0v) is 10.8. The molecule has 14 heavy (non-hydrogen) atoms. The fourth-order valence-corrected chi connectivity index (χ4v) is 5.22. The summed E-state index contributed by atoms with van der Waals surface area (Å²) in [6, 6.07) is 0.607. The van der Waals surface area contributed by atoms with Crippen LogP contribution in [0.1, 0.15) is 19.8 Å². The highest BCUT2D eigenvalue weighted by molar-refractivity contribution is 8.07. The molecular formula is C11H21NS2. The van der Waals surface area contributed by atoms with Gasteiger partial charge in [0, 0.05) is 28.0 Å². The van der Waals surface area contributed by atoms with Crippen molar-refractivity contribution in [3.8, 4) is 0 Å². The van der Waals surface area contributed by atoms with Crippen LogP contribution in [0.15, 0.2) is 12.7 Å². The molecule has 0 radical (unpaired) electrons. The van der Waals surface area contributed by atoms with Crippen LogP contribution < -0.4 is 5.32 Å². The molecular weight excluding hydrogens is 210 g/mol. The van der Waals surface area contributed by atoms with Gasteiger partial charge < -0.3 is 5.32 Å². The van der Waals surface area contributed by atoms with Crippen LogP contribution in [0.2, 0.25) is 0 Å². The van der Waals surface area contributed by atoms with Crippen molar-refractivity contribution in [3.63, 3.8) is 0 Å². The quantitative estimate of drug-likeness (QED) is 0.731. The Bertz CT molecular complexity index is 173. The third-order valence-electron chi connectivity index (χ3n) is 2.68. The van der Waals surface area contributed by atoms with Crippen LogP contribution in [0.3, 0.4) is 0 Å². The van der Waals surface area contributed by atoms with Crippen molar-refractivity contribution < 1.29 is 0 Å². The number of hydrogen-bond acceptors (Lipinski definition) is 3. The topological polar surface area (TPSA) is 12.0 Å². The molecule has 82 valence electrons. The maximum atomic E-state index is 3.84. The highest BCUT2D eigenvalue weighted by Gasteiger charge is 2.30. The second-order valence-electron chi connectivity index (χ2n) is 3.57. The van der Waals surface area contributed by atoms with Crippen LogP contribution in [-0.4, -0.2) is 35.1 Å². The zero-order valence-electron chi connectivity index (χ0n) is 9.16. The summed E-state index contributed by atoms with van der Waals surface area (Å²) in [5.41, 5.74) is 0. The van der Waals surface area contributed by atoms with E-state index < -0.39 is 0 Å². The Kier molecular flexibility index (Phi) is 6.06. The molecule has 3 atom stereocenters. The SMILES string of the molecule is C=CCC(NC)C1SCCSC1CC. The molecule has 1 nitrogen and oxygen atoms in total. The van der Waals surface area contributed by atoms with Crippen molar-refractivity contribution >= 4 is 23.5 Å². The lowest BCUT2D eigenvalue weighted by Gasteiger charge is -2.35. The summed E-state index contributed by atoms with van der Waals surface area (Å²) in [5.74, 6) is 2.63. The third kappa shape index (κ3) is 3.21. The predicted molar refractivity (Wildman–Crippen MR) is 70.4 cm³/mol. The largest absolute Gasteiger partial charge is 0.316 e. The van der Waals surface area contributed by atoms with Crippen LogP contribution in [-0.2, 0) is 0 Å². The van der Waals surface area contributed by atoms with E-state index >= 15 is 0 Å². The van der Waals surface area contributed by atoms with E-state index in [1.165, 1.54) is 17.9 Å². The first-order chi connectivity index (χ1) is 6.83. The Morgan fingerprint density at radius 3 is 2.79 bits per heavy atom. The molecule has 1 aliphatic heterocycles. The number of thioether (sulfide) groups is 2. The molecule has 0 aromatic heterocycles. The lowest BCUT2D eigenvalue weighted by atomic mass is 10.1. The summed E-state index contributed by atoms with van der Waals surface area (Å²) in [7, 11) is 2.07. The first kappa shape index (κ1) is 12.5. The molecule has 1 heterocycles. The van der Waals surface area contributed by atoms with Gasteiger partial charge in [-0.25, -0.2) is 0 Å². The Balaban J connectivity index is 2.55. The van der Waals surface area contributed by atoms with E-state index in [9.17, 15) is 0 Å². The van der Waals surface area contributed by atoms with Gasteiger partial charge in [0.2, 0.25) is 0 Å². The Hall–Kier alpha value is 0.400. The van der Waals surface area contributed by atoms with Gasteiger partial charge in [-0.2, -0.15) is 23.5 Å². The molecule has 1 fully saturated rings. The molecule has 0 bridgehead atoms. The molecule has 3 heteroatoms. The minimum Gasteiger partial charge on any atom is -0.316 e. The third-order valence-corrected chi connectivity index (χ3v) is 6.09. The van der Waals surface area contributed by atoms with E-state index in [1.54, 1.807) is 0 Å². The minimum atomic E-state index is 0.607. The fraction of sp³-hybridized carbons (Fsp3) is 0.818. The van der Waals surface area contributed by atoms with Crippen LogP contribution >= 0.6 is 23.5 Å². The molecule has 0 aromatic carbocycles. The molecule has 1 saturated heterocycles. The van der Waals surface area contributed by atoms with Gasteiger partial charge in [-0.05, 0) is 19.9 Å². The van der Waals surface area contributed by atoms with Gasteiger partial charge >= 0.3 is 0 Å². The molecule has 0 amide bonds. The van der Waals surface area contributed by atoms with Crippen LogP contribution in [0, 0.1) is 0 Å². The highest BCUT2D eigenvalue weighted by Crippen LogP contribution is 2.35. The van der Waals surface area contributed by atoms with E-state index in [0.717, 1.165) is 16.9 Å². The van der Waals surface area contributed by atoms with E-state index in [1.807, 2.05) is 6.08 Å². The predicted octanol–water partition coefficient (Wildman–Crippen LogP) is 2.78. The Labute approximate surface area is 96.5 Å². The van der Waals surface area contributed by atoms with Gasteiger partial charge in [0.1, 0.15) is 0 Å². The van der Waals surface area contributed by atoms with Gasteiger partial charge in [0.15, 0.2) is 0 Å². The van der Waals surface area contributed by atoms with Crippen molar-refractivity contribution in [1.82, 2.24) is 5.32 Å². The first-order valence-corrected chi connectivity index (χ1v) is 7.44. The summed E-state index contributed by atoms with van der Waals surface area (Å²) in [6.45, 7) is 6.14. The Morgan fingerprint density at radius 2 is 2.21 bits per heavy atom. The fourth-order valence-electron chi connectivity index (χ4n) is 1.91. The van der Waals surface area contributed by atoms with Gasteiger partial charge in [0.25, 0.3) is 0 Å². The Morgan fingerprint density at radius 1 is 1.50 bits per heavy atom. The lowest BCUT2D eigenvalue weighted by Crippen LogP contribution is -2.43. The van der Waals surface area contributed by atoms with Gasteiger partial charge in [-0.3, -0.25) is 0 Å². The molecule has 0 aliphatic carbocycles. The van der Waals surface area contributed by atoms with Crippen LogP contribution in [0.25, 0.3) is 0 Å². The van der Waals surface area contributed by atoms with E-state index in [-0.39, 0.29) is 0 Å². The van der Waals surface area contributed by atoms with Crippen molar-refractivity contribution in [2.75, 3.05) is 18.6 Å². The first-order valence-electron chi connectivity index (χ1n) is 5.34. The second-order valence-corrected chi connectivity index (χ2v) is 6.21. The molecule has 0 aromatic rings. The maximum Gasteiger partial charge on any atom is 0.0323 e. The lowest BCUT2D eigenvalue weighted by molar-refractivity contribution is 0.525. The number of rotatable bonds is 5. The highest BCUT2D eigenvalue weighted by atomic mass is 32.2. The summed E-state index contributed by atoms with van der Waals surface area (Å²) in [6.07, 6.45) is 4.41. The van der Waals surface area contributed by atoms with Crippen molar-refractivity contribution in [2.24, 2.45) is 0 Å². The van der Waals surface area contributed by atoms with E-state index in [4.69, 9.17) is 0 Å². The van der Waals surface area contributed by atoms with Crippen molar-refractivity contribution in [2.45, 2.75) is 36.3 Å². The van der Waals surface area contributed by atoms with Gasteiger partial charge in [-0.15, -0.1) is 6.58 Å². The number of nitrogens with one attached hydrogen (secondary N) is 1. The second kappa shape index (κ2) is 6.81. The van der Waals surface area contributed by atoms with Crippen molar-refractivity contribution in [1.29, 1.82) is 0 Å². The van der Waals surface area contributed by atoms with Crippen molar-refractivity contribution in [3.05, 3.63) is 12.7 Å². The van der Waals surface area contributed by atoms with Crippen LogP contribution in [0.4, 0.5) is 0 Å². The number of hydrogen-bond donors (Lipinski definition) is 1. The van der Waals surface area contributed by atoms with E-state index in [2.05, 4.69) is 49.4 Å². The monoisotopic (exact) mass is 231 g/mol. The average molecular weight is 231 g/mol. The normalized spacial score (nSPS) is 29.9. The molecule has 3 unspecified atom stereocenters. The summed E-state index contributed by atoms with van der Waals surface area (Å²) < 4.78 is 0. The summed E-state index contributed by atoms with van der Waals surface area (Å²) in [5, 5.41) is 5.02. The smallest absolute Gasteiger partial charge is 0.0323 e. The molecule has 1 rings (SSSR count). The van der Waals surface area contributed by atoms with Crippen LogP contribution in [0.5, 0.6) is 0 Å². The van der Waals surface area contributed by atoms with E-state index in [0.29, 0.717) is 6.04 Å². The summed E-state index contributed by atoms with van der Waals surface area (Å²) in [4.78, 5) is 0. The summed E-state index contributed by atoms with van der Waals surface area (Å²) >= 11 is 4.28. The molecule has 1 aliphatic rings. The van der Waals surface area contributed by atoms with Gasteiger partial charge in [-0.1, -0.05) is 13.0 Å². The molecule has 0 saturated carbocycles. The minimum absolute atomic E-state index is 0.607. The standard InChI is InChI=1S/C11H21NS2/c1-4-6-9(12-3)11-10(5-2)13-7-8-14-11/h4,9-12H,1,5-8H2,2-3H3. The van der Waals surface area contributed by atoms with Gasteiger partial charge in [0.05, 0.1) is 0 Å². The average Bonchev–Trinajstić information content (AvgIpc) is 2.26. The molecule has 1 N–H and O–H groups in total. The molecule has 0 spiro atoms.